The summed E-state index contributed by atoms with van der Waals surface area (Å²) in [6.07, 6.45) is 1.37. The fraction of sp³-hybridized carbons (Fsp3) is 0.375. The Morgan fingerprint density at radius 2 is 2.03 bits per heavy atom. The van der Waals surface area contributed by atoms with E-state index in [4.69, 9.17) is 9.47 Å². The van der Waals surface area contributed by atoms with Crippen LogP contribution in [0.3, 0.4) is 0 Å². The molecule has 2 fully saturated rings. The van der Waals surface area contributed by atoms with E-state index in [0.717, 1.165) is 52.1 Å². The maximum absolute atomic E-state index is 12.3. The van der Waals surface area contributed by atoms with Gasteiger partial charge in [-0.05, 0) is 36.8 Å². The topological polar surface area (TPSA) is 79.8 Å². The van der Waals surface area contributed by atoms with E-state index in [2.05, 4.69) is 36.1 Å². The first-order valence-corrected chi connectivity index (χ1v) is 11.8. The molecule has 0 spiro atoms. The molecule has 0 radical (unpaired) electrons. The minimum Gasteiger partial charge on any atom is -0.481 e. The minimum absolute atomic E-state index is 0.158. The van der Waals surface area contributed by atoms with Gasteiger partial charge in [0, 0.05) is 54.5 Å². The van der Waals surface area contributed by atoms with Crippen LogP contribution in [0.5, 0.6) is 5.88 Å². The molecule has 2 aliphatic rings. The van der Waals surface area contributed by atoms with Crippen LogP contribution in [-0.2, 0) is 4.74 Å². The summed E-state index contributed by atoms with van der Waals surface area (Å²) in [5.41, 5.74) is 4.80. The van der Waals surface area contributed by atoms with Gasteiger partial charge in [-0.3, -0.25) is 9.88 Å². The van der Waals surface area contributed by atoms with Gasteiger partial charge in [0.2, 0.25) is 5.88 Å². The zero-order chi connectivity index (χ0) is 22.9. The number of fused-ring (bicyclic) bond motifs is 1. The Morgan fingerprint density at radius 1 is 1.18 bits per heavy atom. The zero-order valence-corrected chi connectivity index (χ0v) is 20.2. The Bertz CT molecular complexity index is 1180. The maximum Gasteiger partial charge on any atom is 0.414 e. The minimum atomic E-state index is -0.292. The summed E-state index contributed by atoms with van der Waals surface area (Å²) in [5, 5.41) is 3.48. The van der Waals surface area contributed by atoms with Gasteiger partial charge in [0.1, 0.15) is 11.6 Å². The number of carbonyl (C=O) groups is 1. The van der Waals surface area contributed by atoms with E-state index in [1.807, 2.05) is 49.5 Å². The molecule has 9 heteroatoms. The van der Waals surface area contributed by atoms with E-state index in [1.54, 1.807) is 12.0 Å². The van der Waals surface area contributed by atoms with Crippen molar-refractivity contribution < 1.29 is 14.3 Å². The lowest BCUT2D eigenvalue weighted by Crippen LogP contribution is -2.51. The summed E-state index contributed by atoms with van der Waals surface area (Å²) in [4.78, 5) is 25.3. The highest BCUT2D eigenvalue weighted by molar-refractivity contribution is 9.10. The van der Waals surface area contributed by atoms with Crippen molar-refractivity contribution in [3.8, 4) is 5.88 Å². The molecule has 0 saturated carbocycles. The van der Waals surface area contributed by atoms with Crippen LogP contribution in [0.25, 0.3) is 11.0 Å². The lowest BCUT2D eigenvalue weighted by atomic mass is 9.99. The average Bonchev–Trinajstić information content (AvgIpc) is 3.17. The molecule has 33 heavy (non-hydrogen) atoms. The van der Waals surface area contributed by atoms with Gasteiger partial charge >= 0.3 is 6.09 Å². The summed E-state index contributed by atoms with van der Waals surface area (Å²) in [7, 11) is 1.62. The zero-order valence-electron chi connectivity index (χ0n) is 18.6. The van der Waals surface area contributed by atoms with Crippen molar-refractivity contribution in [3.63, 3.8) is 0 Å². The van der Waals surface area contributed by atoms with Gasteiger partial charge < -0.3 is 19.7 Å². The van der Waals surface area contributed by atoms with Crippen LogP contribution in [0.15, 0.2) is 47.1 Å². The first-order chi connectivity index (χ1) is 16.0. The Morgan fingerprint density at radius 3 is 2.82 bits per heavy atom. The van der Waals surface area contributed by atoms with Gasteiger partial charge in [0.05, 0.1) is 24.9 Å². The van der Waals surface area contributed by atoms with Gasteiger partial charge in [-0.15, -0.1) is 0 Å². The van der Waals surface area contributed by atoms with Crippen molar-refractivity contribution in [2.24, 2.45) is 5.92 Å². The number of halogens is 1. The summed E-state index contributed by atoms with van der Waals surface area (Å²) in [6, 6.07) is 11.7. The predicted octanol–water partition coefficient (Wildman–Crippen LogP) is 3.76. The fourth-order valence-electron chi connectivity index (χ4n) is 4.29. The summed E-state index contributed by atoms with van der Waals surface area (Å²) < 4.78 is 11.8. The molecule has 3 aromatic rings. The van der Waals surface area contributed by atoms with Crippen molar-refractivity contribution in [2.75, 3.05) is 49.6 Å². The highest BCUT2D eigenvalue weighted by atomic mass is 79.9. The Balaban J connectivity index is 1.12. The molecule has 2 aliphatic heterocycles. The number of cyclic esters (lactones) is 1. The van der Waals surface area contributed by atoms with E-state index < -0.39 is 0 Å². The monoisotopic (exact) mass is 511 g/mol. The number of amides is 1. The highest BCUT2D eigenvalue weighted by Crippen LogP contribution is 2.31. The number of carbonyl (C=O) groups excluding carboxylic acids is 1. The molecule has 1 N–H and O–H groups in total. The number of aryl methyl sites for hydroxylation is 1. The van der Waals surface area contributed by atoms with E-state index in [0.29, 0.717) is 24.9 Å². The normalized spacial score (nSPS) is 18.5. The van der Waals surface area contributed by atoms with E-state index in [-0.39, 0.29) is 12.2 Å². The number of nitrogens with zero attached hydrogens (tertiary/aromatic N) is 4. The van der Waals surface area contributed by atoms with Crippen LogP contribution < -0.4 is 19.9 Å². The molecular weight excluding hydrogens is 486 g/mol. The highest BCUT2D eigenvalue weighted by Gasteiger charge is 2.33. The van der Waals surface area contributed by atoms with Gasteiger partial charge in [-0.25, -0.2) is 9.78 Å². The number of pyridine rings is 2. The van der Waals surface area contributed by atoms with Gasteiger partial charge in [0.15, 0.2) is 0 Å². The number of ether oxygens (including phenoxy) is 2. The Kier molecular flexibility index (Phi) is 6.07. The molecule has 172 valence electrons. The third-order valence-electron chi connectivity index (χ3n) is 6.19. The number of rotatable bonds is 7. The van der Waals surface area contributed by atoms with Gasteiger partial charge in [0.25, 0.3) is 0 Å². The summed E-state index contributed by atoms with van der Waals surface area (Å²) >= 11 is 3.53. The van der Waals surface area contributed by atoms with E-state index in [9.17, 15) is 4.79 Å². The first-order valence-electron chi connectivity index (χ1n) is 11.0. The molecule has 0 bridgehead atoms. The Labute approximate surface area is 201 Å². The molecule has 5 rings (SSSR count). The van der Waals surface area contributed by atoms with Crippen LogP contribution in [-0.4, -0.2) is 62.0 Å². The third-order valence-corrected chi connectivity index (χ3v) is 7.04. The number of nitrogens with one attached hydrogen (secondary N) is 1. The predicted molar refractivity (Wildman–Crippen MR) is 131 cm³/mol. The van der Waals surface area contributed by atoms with Crippen LogP contribution in [0.2, 0.25) is 0 Å². The van der Waals surface area contributed by atoms with Gasteiger partial charge in [-0.2, -0.15) is 0 Å². The summed E-state index contributed by atoms with van der Waals surface area (Å²) in [5.74, 6) is 1.12. The molecule has 0 unspecified atom stereocenters. The second-order valence-electron chi connectivity index (χ2n) is 8.53. The van der Waals surface area contributed by atoms with Crippen LogP contribution in [0, 0.1) is 12.8 Å². The maximum atomic E-state index is 12.3. The van der Waals surface area contributed by atoms with Crippen molar-refractivity contribution in [1.29, 1.82) is 0 Å². The molecule has 1 amide bonds. The van der Waals surface area contributed by atoms with Crippen LogP contribution in [0.4, 0.5) is 16.2 Å². The molecule has 1 aromatic carbocycles. The van der Waals surface area contributed by atoms with Crippen molar-refractivity contribution in [2.45, 2.75) is 13.0 Å². The molecule has 2 aromatic heterocycles. The van der Waals surface area contributed by atoms with Crippen molar-refractivity contribution in [3.05, 3.63) is 52.6 Å². The van der Waals surface area contributed by atoms with Crippen molar-refractivity contribution >= 4 is 44.4 Å². The molecule has 0 aliphatic carbocycles. The van der Waals surface area contributed by atoms with Crippen molar-refractivity contribution in [1.82, 2.24) is 15.3 Å². The van der Waals surface area contributed by atoms with E-state index in [1.165, 1.54) is 0 Å². The average molecular weight is 512 g/mol. The fourth-order valence-corrected chi connectivity index (χ4v) is 4.66. The third kappa shape index (κ3) is 4.47. The largest absolute Gasteiger partial charge is 0.481 e. The molecule has 1 atom stereocenters. The van der Waals surface area contributed by atoms with Gasteiger partial charge in [-0.1, -0.05) is 22.0 Å². The smallest absolute Gasteiger partial charge is 0.414 e. The number of aromatic nitrogens is 2. The SMILES string of the molecule is COc1ccc2nccc(N3CC(CNC[C@@H]4CN(c5ccc(C)c(Br)c5)C(=O)O4)C3)c2n1. The molecule has 8 nitrogen and oxygen atoms in total. The molecular formula is C24H26BrN5O3. The number of hydrogen-bond acceptors (Lipinski definition) is 7. The summed E-state index contributed by atoms with van der Waals surface area (Å²) in [6.45, 7) is 5.98. The Hall–Kier alpha value is -2.91. The number of anilines is 2. The number of hydrogen-bond donors (Lipinski definition) is 1. The van der Waals surface area contributed by atoms with Crippen LogP contribution in [0.1, 0.15) is 5.56 Å². The standard InChI is InChI=1S/C24H26BrN5O3/c1-15-3-4-17(9-19(15)25)30-14-18(33-24(30)31)11-26-10-16-12-29(13-16)21-7-8-27-20-5-6-22(32-2)28-23(20)21/h3-9,16,18,26H,10-14H2,1-2H3/t18-/m1/s1. The quantitative estimate of drug-likeness (QED) is 0.517. The van der Waals surface area contributed by atoms with E-state index >= 15 is 0 Å². The molecule has 4 heterocycles. The first kappa shape index (κ1) is 21.9. The lowest BCUT2D eigenvalue weighted by Gasteiger charge is -2.41. The van der Waals surface area contributed by atoms with Crippen LogP contribution >= 0.6 is 15.9 Å². The number of benzene rings is 1. The number of methoxy groups -OCH3 is 1. The molecule has 2 saturated heterocycles. The second kappa shape index (κ2) is 9.15. The second-order valence-corrected chi connectivity index (χ2v) is 9.38. The lowest BCUT2D eigenvalue weighted by molar-refractivity contribution is 0.139.